The van der Waals surface area contributed by atoms with Crippen molar-refractivity contribution in [3.63, 3.8) is 0 Å². The highest BCUT2D eigenvalue weighted by atomic mass is 35.5. The van der Waals surface area contributed by atoms with Crippen LogP contribution in [0.1, 0.15) is 39.3 Å². The Hall–Kier alpha value is -0.900. The second-order valence-electron chi connectivity index (χ2n) is 5.15. The van der Waals surface area contributed by atoms with Crippen LogP contribution >= 0.6 is 11.6 Å². The molecule has 18 heavy (non-hydrogen) atoms. The molecular weight excluding hydrogens is 253 g/mol. The van der Waals surface area contributed by atoms with Crippen LogP contribution in [0.5, 0.6) is 0 Å². The summed E-state index contributed by atoms with van der Waals surface area (Å²) >= 11 is 5.69. The van der Waals surface area contributed by atoms with Crippen molar-refractivity contribution in [3.8, 4) is 0 Å². The van der Waals surface area contributed by atoms with Crippen LogP contribution < -0.4 is 5.32 Å². The number of hydrogen-bond donors (Lipinski definition) is 1. The molecule has 1 N–H and O–H groups in total. The summed E-state index contributed by atoms with van der Waals surface area (Å²) in [4.78, 5) is 7.85. The number of alkyl halides is 1. The molecule has 0 unspecified atom stereocenters. The summed E-state index contributed by atoms with van der Waals surface area (Å²) in [5.74, 6) is 0.611. The number of hydrogen-bond acceptors (Lipinski definition) is 3. The Bertz CT molecular complexity index is 382. The molecule has 0 saturated carbocycles. The van der Waals surface area contributed by atoms with Gasteiger partial charge in [0.2, 0.25) is 0 Å². The zero-order chi connectivity index (χ0) is 13.6. The van der Waals surface area contributed by atoms with Gasteiger partial charge in [-0.05, 0) is 24.7 Å². The molecule has 0 spiro atoms. The molecule has 0 aliphatic carbocycles. The fraction of sp³-hybridized carbons (Fsp3) is 0.692. The van der Waals surface area contributed by atoms with Crippen LogP contribution in [0.3, 0.4) is 0 Å². The third-order valence-electron chi connectivity index (χ3n) is 2.92. The van der Waals surface area contributed by atoms with Crippen molar-refractivity contribution >= 4 is 17.4 Å². The SMILES string of the molecule is CCc1ncnc(NCC(C)(C)CCCCl)c1F. The first-order valence-electron chi connectivity index (χ1n) is 6.29. The monoisotopic (exact) mass is 273 g/mol. The van der Waals surface area contributed by atoms with Crippen LogP contribution in [-0.4, -0.2) is 22.4 Å². The van der Waals surface area contributed by atoms with Gasteiger partial charge in [-0.1, -0.05) is 20.8 Å². The highest BCUT2D eigenvalue weighted by molar-refractivity contribution is 6.17. The fourth-order valence-electron chi connectivity index (χ4n) is 1.73. The van der Waals surface area contributed by atoms with Gasteiger partial charge in [0, 0.05) is 12.4 Å². The quantitative estimate of drug-likeness (QED) is 0.771. The summed E-state index contributed by atoms with van der Waals surface area (Å²) in [6.07, 6.45) is 3.92. The maximum Gasteiger partial charge on any atom is 0.186 e. The third-order valence-corrected chi connectivity index (χ3v) is 3.19. The molecule has 5 heteroatoms. The van der Waals surface area contributed by atoms with Gasteiger partial charge >= 0.3 is 0 Å². The summed E-state index contributed by atoms with van der Waals surface area (Å²) in [7, 11) is 0. The van der Waals surface area contributed by atoms with E-state index in [1.807, 2.05) is 6.92 Å². The molecule has 0 aliphatic rings. The Balaban J connectivity index is 2.63. The normalized spacial score (nSPS) is 11.6. The number of aromatic nitrogens is 2. The van der Waals surface area contributed by atoms with Crippen molar-refractivity contribution in [2.24, 2.45) is 5.41 Å². The average Bonchev–Trinajstić information content (AvgIpc) is 2.35. The summed E-state index contributed by atoms with van der Waals surface area (Å²) in [6.45, 7) is 6.80. The average molecular weight is 274 g/mol. The van der Waals surface area contributed by atoms with Gasteiger partial charge in [0.15, 0.2) is 11.6 Å². The molecule has 0 radical (unpaired) electrons. The second-order valence-corrected chi connectivity index (χ2v) is 5.52. The molecule has 1 aromatic heterocycles. The lowest BCUT2D eigenvalue weighted by molar-refractivity contribution is 0.354. The van der Waals surface area contributed by atoms with E-state index in [9.17, 15) is 4.39 Å². The number of halogens is 2. The van der Waals surface area contributed by atoms with E-state index >= 15 is 0 Å². The molecule has 0 bridgehead atoms. The van der Waals surface area contributed by atoms with E-state index in [0.717, 1.165) is 12.8 Å². The zero-order valence-corrected chi connectivity index (χ0v) is 12.0. The van der Waals surface area contributed by atoms with E-state index in [0.29, 0.717) is 30.4 Å². The minimum Gasteiger partial charge on any atom is -0.367 e. The van der Waals surface area contributed by atoms with Crippen LogP contribution in [-0.2, 0) is 6.42 Å². The molecule has 0 aromatic carbocycles. The van der Waals surface area contributed by atoms with Crippen molar-refractivity contribution < 1.29 is 4.39 Å². The smallest absolute Gasteiger partial charge is 0.186 e. The first kappa shape index (κ1) is 15.2. The zero-order valence-electron chi connectivity index (χ0n) is 11.3. The maximum absolute atomic E-state index is 13.9. The molecule has 0 aliphatic heterocycles. The van der Waals surface area contributed by atoms with E-state index in [1.54, 1.807) is 0 Å². The Morgan fingerprint density at radius 2 is 2.11 bits per heavy atom. The Labute approximate surface area is 113 Å². The van der Waals surface area contributed by atoms with Crippen LogP contribution in [0.4, 0.5) is 10.2 Å². The summed E-state index contributed by atoms with van der Waals surface area (Å²) in [5, 5.41) is 3.07. The lowest BCUT2D eigenvalue weighted by Crippen LogP contribution is -2.24. The molecule has 1 rings (SSSR count). The fourth-order valence-corrected chi connectivity index (χ4v) is 1.87. The maximum atomic E-state index is 13.9. The summed E-state index contributed by atoms with van der Waals surface area (Å²) in [6, 6.07) is 0. The van der Waals surface area contributed by atoms with Crippen molar-refractivity contribution in [3.05, 3.63) is 17.8 Å². The molecule has 0 saturated heterocycles. The van der Waals surface area contributed by atoms with Gasteiger partial charge in [0.05, 0.1) is 5.69 Å². The molecule has 1 heterocycles. The van der Waals surface area contributed by atoms with Crippen molar-refractivity contribution in [1.29, 1.82) is 0 Å². The Kier molecular flexibility index (Phi) is 5.79. The minimum atomic E-state index is -0.340. The molecule has 102 valence electrons. The Morgan fingerprint density at radius 3 is 2.72 bits per heavy atom. The lowest BCUT2D eigenvalue weighted by atomic mass is 9.88. The minimum absolute atomic E-state index is 0.0681. The first-order valence-corrected chi connectivity index (χ1v) is 6.83. The predicted octanol–water partition coefficient (Wildman–Crippen LogP) is 3.64. The van der Waals surface area contributed by atoms with E-state index < -0.39 is 0 Å². The highest BCUT2D eigenvalue weighted by Gasteiger charge is 2.18. The van der Waals surface area contributed by atoms with Gasteiger partial charge in [-0.15, -0.1) is 11.6 Å². The summed E-state index contributed by atoms with van der Waals surface area (Å²) < 4.78 is 13.9. The molecule has 0 fully saturated rings. The van der Waals surface area contributed by atoms with Crippen LogP contribution in [0.15, 0.2) is 6.33 Å². The second kappa shape index (κ2) is 6.88. The largest absolute Gasteiger partial charge is 0.367 e. The summed E-state index contributed by atoms with van der Waals surface area (Å²) in [5.41, 5.74) is 0.518. The number of rotatable bonds is 7. The van der Waals surface area contributed by atoms with Crippen LogP contribution in [0, 0.1) is 11.2 Å². The third kappa shape index (κ3) is 4.41. The number of anilines is 1. The Morgan fingerprint density at radius 1 is 1.39 bits per heavy atom. The van der Waals surface area contributed by atoms with Crippen LogP contribution in [0.2, 0.25) is 0 Å². The molecular formula is C13H21ClFN3. The van der Waals surface area contributed by atoms with E-state index in [2.05, 4.69) is 29.1 Å². The topological polar surface area (TPSA) is 37.8 Å². The highest BCUT2D eigenvalue weighted by Crippen LogP contribution is 2.24. The molecule has 3 nitrogen and oxygen atoms in total. The lowest BCUT2D eigenvalue weighted by Gasteiger charge is -2.25. The van der Waals surface area contributed by atoms with Gasteiger partial charge in [-0.2, -0.15) is 0 Å². The molecule has 0 amide bonds. The van der Waals surface area contributed by atoms with Crippen molar-refractivity contribution in [1.82, 2.24) is 9.97 Å². The van der Waals surface area contributed by atoms with Gasteiger partial charge in [0.25, 0.3) is 0 Å². The first-order chi connectivity index (χ1) is 8.50. The van der Waals surface area contributed by atoms with Crippen molar-refractivity contribution in [2.45, 2.75) is 40.0 Å². The number of aryl methyl sites for hydroxylation is 1. The van der Waals surface area contributed by atoms with Gasteiger partial charge < -0.3 is 5.32 Å². The van der Waals surface area contributed by atoms with E-state index in [-0.39, 0.29) is 11.2 Å². The predicted molar refractivity (Wildman–Crippen MR) is 73.6 cm³/mol. The standard InChI is InChI=1S/C13H21ClFN3/c1-4-10-11(15)12(18-9-17-10)16-8-13(2,3)6-5-7-14/h9H,4-8H2,1-3H3,(H,16,17,18). The molecule has 1 aromatic rings. The molecule has 0 atom stereocenters. The van der Waals surface area contributed by atoms with Gasteiger partial charge in [-0.25, -0.2) is 14.4 Å². The number of nitrogens with zero attached hydrogens (tertiary/aromatic N) is 2. The van der Waals surface area contributed by atoms with Gasteiger partial charge in [-0.3, -0.25) is 0 Å². The van der Waals surface area contributed by atoms with E-state index in [1.165, 1.54) is 6.33 Å². The van der Waals surface area contributed by atoms with Gasteiger partial charge in [0.1, 0.15) is 6.33 Å². The van der Waals surface area contributed by atoms with E-state index in [4.69, 9.17) is 11.6 Å². The van der Waals surface area contributed by atoms with Crippen molar-refractivity contribution in [2.75, 3.05) is 17.7 Å². The number of nitrogens with one attached hydrogen (secondary N) is 1. The van der Waals surface area contributed by atoms with Crippen LogP contribution in [0.25, 0.3) is 0 Å².